The maximum atomic E-state index is 12.6. The number of nitrogens with zero attached hydrogens (tertiary/aromatic N) is 1. The second-order valence-corrected chi connectivity index (χ2v) is 8.85. The van der Waals surface area contributed by atoms with Crippen molar-refractivity contribution in [3.8, 4) is 6.07 Å². The number of sulfonamides is 1. The first-order valence-corrected chi connectivity index (χ1v) is 9.96. The van der Waals surface area contributed by atoms with Crippen molar-refractivity contribution in [1.82, 2.24) is 4.72 Å². The zero-order valence-corrected chi connectivity index (χ0v) is 16.0. The van der Waals surface area contributed by atoms with Gasteiger partial charge in [-0.3, -0.25) is 4.79 Å². The highest BCUT2D eigenvalue weighted by atomic mass is 79.9. The minimum absolute atomic E-state index is 0.140. The van der Waals surface area contributed by atoms with Gasteiger partial charge < -0.3 is 0 Å². The fraction of sp³-hybridized carbons (Fsp3) is 0.176. The minimum atomic E-state index is -4.08. The topological polar surface area (TPSA) is 87.0 Å². The lowest BCUT2D eigenvalue weighted by Gasteiger charge is -2.16. The van der Waals surface area contributed by atoms with Crippen molar-refractivity contribution in [2.45, 2.75) is 23.2 Å². The minimum Gasteiger partial charge on any atom is -0.273 e. The van der Waals surface area contributed by atoms with Crippen LogP contribution in [0.5, 0.6) is 0 Å². The van der Waals surface area contributed by atoms with Gasteiger partial charge in [-0.1, -0.05) is 39.7 Å². The molecule has 1 saturated carbocycles. The van der Waals surface area contributed by atoms with E-state index in [0.29, 0.717) is 22.3 Å². The number of hydrogen-bond acceptors (Lipinski definition) is 4. The zero-order valence-electron chi connectivity index (χ0n) is 12.8. The van der Waals surface area contributed by atoms with E-state index in [1.54, 1.807) is 24.3 Å². The van der Waals surface area contributed by atoms with Crippen LogP contribution < -0.4 is 4.72 Å². The molecule has 8 heteroatoms. The Balaban J connectivity index is 1.89. The smallest absolute Gasteiger partial charge is 0.264 e. The van der Waals surface area contributed by atoms with E-state index < -0.39 is 21.3 Å². The predicted octanol–water partition coefficient (Wildman–Crippen LogP) is 3.51. The van der Waals surface area contributed by atoms with Crippen molar-refractivity contribution >= 4 is 43.5 Å². The molecule has 0 saturated heterocycles. The molecule has 0 radical (unpaired) electrons. The van der Waals surface area contributed by atoms with Crippen LogP contribution in [0.1, 0.15) is 24.0 Å². The van der Waals surface area contributed by atoms with Crippen LogP contribution >= 0.6 is 27.5 Å². The van der Waals surface area contributed by atoms with Gasteiger partial charge in [0.25, 0.3) is 10.0 Å². The Morgan fingerprint density at radius 1 is 1.20 bits per heavy atom. The lowest BCUT2D eigenvalue weighted by atomic mass is 9.95. The van der Waals surface area contributed by atoms with E-state index in [1.165, 1.54) is 18.2 Å². The summed E-state index contributed by atoms with van der Waals surface area (Å²) in [5, 5.41) is 9.53. The first-order valence-electron chi connectivity index (χ1n) is 7.31. The summed E-state index contributed by atoms with van der Waals surface area (Å²) in [5.41, 5.74) is 0.0689. The summed E-state index contributed by atoms with van der Waals surface area (Å²) in [7, 11) is -4.08. The molecule has 1 fully saturated rings. The van der Waals surface area contributed by atoms with E-state index in [4.69, 9.17) is 16.9 Å². The van der Waals surface area contributed by atoms with Crippen molar-refractivity contribution < 1.29 is 13.2 Å². The van der Waals surface area contributed by atoms with E-state index >= 15 is 0 Å². The van der Waals surface area contributed by atoms with Crippen LogP contribution in [0.15, 0.2) is 51.8 Å². The Morgan fingerprint density at radius 2 is 1.84 bits per heavy atom. The molecule has 2 aromatic carbocycles. The van der Waals surface area contributed by atoms with E-state index in [1.807, 2.05) is 6.07 Å². The second kappa shape index (κ2) is 6.45. The molecule has 1 aliphatic carbocycles. The number of nitriles is 1. The van der Waals surface area contributed by atoms with Crippen molar-refractivity contribution in [2.75, 3.05) is 0 Å². The van der Waals surface area contributed by atoms with Crippen molar-refractivity contribution in [2.24, 2.45) is 0 Å². The molecular weight excluding hydrogens is 428 g/mol. The first kappa shape index (κ1) is 17.9. The first-order chi connectivity index (χ1) is 11.8. The fourth-order valence-corrected chi connectivity index (χ4v) is 4.49. The van der Waals surface area contributed by atoms with Gasteiger partial charge in [-0.05, 0) is 48.7 Å². The molecule has 0 spiro atoms. The number of hydrogen-bond donors (Lipinski definition) is 1. The van der Waals surface area contributed by atoms with Gasteiger partial charge in [0, 0.05) is 9.50 Å². The van der Waals surface area contributed by atoms with Gasteiger partial charge in [0.2, 0.25) is 5.91 Å². The monoisotopic (exact) mass is 438 g/mol. The predicted molar refractivity (Wildman–Crippen MR) is 96.5 cm³/mol. The summed E-state index contributed by atoms with van der Waals surface area (Å²) in [6.07, 6.45) is 1.13. The maximum absolute atomic E-state index is 12.6. The Labute approximate surface area is 158 Å². The highest BCUT2D eigenvalue weighted by molar-refractivity contribution is 9.10. The number of rotatable bonds is 4. The number of benzene rings is 2. The SMILES string of the molecule is N#Cc1cc(Br)cc(S(=O)(=O)NC(=O)C2(c3ccc(Cl)cc3)CC2)c1. The van der Waals surface area contributed by atoms with Crippen molar-refractivity contribution in [3.05, 3.63) is 63.1 Å². The standard InChI is InChI=1S/C17H12BrClN2O3S/c18-13-7-11(10-20)8-15(9-13)25(23,24)21-16(22)17(5-6-17)12-1-3-14(19)4-2-12/h1-4,7-9H,5-6H2,(H,21,22). The Bertz CT molecular complexity index is 994. The zero-order chi connectivity index (χ0) is 18.2. The molecule has 1 aliphatic rings. The van der Waals surface area contributed by atoms with Crippen LogP contribution in [0.4, 0.5) is 0 Å². The molecule has 25 heavy (non-hydrogen) atoms. The van der Waals surface area contributed by atoms with Crippen molar-refractivity contribution in [1.29, 1.82) is 5.26 Å². The molecule has 5 nitrogen and oxygen atoms in total. The van der Waals surface area contributed by atoms with E-state index in [-0.39, 0.29) is 10.5 Å². The Kier molecular flexibility index (Phi) is 4.62. The van der Waals surface area contributed by atoms with Crippen LogP contribution in [0.25, 0.3) is 0 Å². The van der Waals surface area contributed by atoms with E-state index in [0.717, 1.165) is 5.56 Å². The van der Waals surface area contributed by atoms with Gasteiger partial charge in [-0.25, -0.2) is 13.1 Å². The molecule has 0 aliphatic heterocycles. The van der Waals surface area contributed by atoms with Crippen LogP contribution in [-0.2, 0) is 20.2 Å². The molecule has 1 N–H and O–H groups in total. The second-order valence-electron chi connectivity index (χ2n) is 5.81. The van der Waals surface area contributed by atoms with Gasteiger partial charge in [0.05, 0.1) is 21.9 Å². The molecule has 0 atom stereocenters. The van der Waals surface area contributed by atoms with Crippen LogP contribution in [0.2, 0.25) is 5.02 Å². The molecule has 3 rings (SSSR count). The average molecular weight is 440 g/mol. The number of halogens is 2. The number of amides is 1. The summed E-state index contributed by atoms with van der Waals surface area (Å²) < 4.78 is 27.7. The van der Waals surface area contributed by atoms with E-state index in [2.05, 4.69) is 20.7 Å². The summed E-state index contributed by atoms with van der Waals surface area (Å²) in [6.45, 7) is 0. The third kappa shape index (κ3) is 3.56. The maximum Gasteiger partial charge on any atom is 0.264 e. The normalized spacial score (nSPS) is 15.2. The van der Waals surface area contributed by atoms with Gasteiger partial charge in [-0.2, -0.15) is 5.26 Å². The summed E-state index contributed by atoms with van der Waals surface area (Å²) >= 11 is 9.03. The summed E-state index contributed by atoms with van der Waals surface area (Å²) in [5.74, 6) is -0.576. The van der Waals surface area contributed by atoms with E-state index in [9.17, 15) is 13.2 Å². The third-order valence-electron chi connectivity index (χ3n) is 4.12. The molecule has 0 aromatic heterocycles. The summed E-state index contributed by atoms with van der Waals surface area (Å²) in [4.78, 5) is 12.5. The summed E-state index contributed by atoms with van der Waals surface area (Å²) in [6, 6.07) is 12.8. The van der Waals surface area contributed by atoms with Gasteiger partial charge in [-0.15, -0.1) is 0 Å². The van der Waals surface area contributed by atoms with Crippen LogP contribution in [0.3, 0.4) is 0 Å². The average Bonchev–Trinajstić information content (AvgIpc) is 3.36. The number of carbonyl (C=O) groups is 1. The molecule has 0 bridgehead atoms. The largest absolute Gasteiger partial charge is 0.273 e. The molecular formula is C17H12BrClN2O3S. The quantitative estimate of drug-likeness (QED) is 0.790. The highest BCUT2D eigenvalue weighted by Crippen LogP contribution is 2.48. The fourth-order valence-electron chi connectivity index (χ4n) is 2.60. The van der Waals surface area contributed by atoms with Gasteiger partial charge in [0.15, 0.2) is 0 Å². The van der Waals surface area contributed by atoms with Crippen LogP contribution in [0, 0.1) is 11.3 Å². The molecule has 128 valence electrons. The van der Waals surface area contributed by atoms with Crippen molar-refractivity contribution in [3.63, 3.8) is 0 Å². The Morgan fingerprint density at radius 3 is 2.40 bits per heavy atom. The Hall–Kier alpha value is -1.88. The van der Waals surface area contributed by atoms with Crippen LogP contribution in [-0.4, -0.2) is 14.3 Å². The molecule has 0 heterocycles. The van der Waals surface area contributed by atoms with Gasteiger partial charge >= 0.3 is 0 Å². The lowest BCUT2D eigenvalue weighted by Crippen LogP contribution is -2.38. The molecule has 1 amide bonds. The molecule has 2 aromatic rings. The lowest BCUT2D eigenvalue weighted by molar-refractivity contribution is -0.121. The van der Waals surface area contributed by atoms with Gasteiger partial charge in [0.1, 0.15) is 0 Å². The molecule has 0 unspecified atom stereocenters. The number of carbonyl (C=O) groups excluding carboxylic acids is 1. The third-order valence-corrected chi connectivity index (χ3v) is 6.14. The number of nitrogens with one attached hydrogen (secondary N) is 1. The highest BCUT2D eigenvalue weighted by Gasteiger charge is 2.52.